The highest BCUT2D eigenvalue weighted by Gasteiger charge is 2.15. The number of carbonyl (C=O) groups excluding carboxylic acids is 1. The fourth-order valence-corrected chi connectivity index (χ4v) is 1.87. The van der Waals surface area contributed by atoms with Crippen molar-refractivity contribution in [3.63, 3.8) is 0 Å². The maximum Gasteiger partial charge on any atom is 0.253 e. The third-order valence-corrected chi connectivity index (χ3v) is 3.00. The number of nitrogen functional groups attached to an aromatic ring is 1. The summed E-state index contributed by atoms with van der Waals surface area (Å²) in [5.74, 6) is -0.188. The molecule has 0 aliphatic rings. The predicted octanol–water partition coefficient (Wildman–Crippen LogP) is 1.25. The highest BCUT2D eigenvalue weighted by Crippen LogP contribution is 2.20. The van der Waals surface area contributed by atoms with Crippen molar-refractivity contribution in [3.05, 3.63) is 30.0 Å². The molecule has 0 aliphatic heterocycles. The maximum atomic E-state index is 12.1. The number of nitrogens with two attached hydrogens (primary N) is 1. The molecule has 2 rings (SSSR count). The Hall–Kier alpha value is -2.01. The van der Waals surface area contributed by atoms with E-state index in [0.29, 0.717) is 17.7 Å². The van der Waals surface area contributed by atoms with Gasteiger partial charge in [-0.05, 0) is 24.6 Å². The first-order valence-electron chi connectivity index (χ1n) is 5.94. The van der Waals surface area contributed by atoms with Gasteiger partial charge in [0.2, 0.25) is 0 Å². The minimum absolute atomic E-state index is 0.0580. The topological polar surface area (TPSA) is 91.1 Å². The first-order chi connectivity index (χ1) is 8.65. The third-order valence-electron chi connectivity index (χ3n) is 3.00. The van der Waals surface area contributed by atoms with Gasteiger partial charge >= 0.3 is 0 Å². The van der Waals surface area contributed by atoms with Gasteiger partial charge in [0.1, 0.15) is 0 Å². The Labute approximate surface area is 105 Å². The summed E-state index contributed by atoms with van der Waals surface area (Å²) in [5.41, 5.74) is 7.73. The zero-order valence-corrected chi connectivity index (χ0v) is 10.2. The van der Waals surface area contributed by atoms with E-state index >= 15 is 0 Å². The number of H-pyrrole nitrogens is 1. The number of aliphatic hydroxyl groups is 1. The normalized spacial score (nSPS) is 12.6. The molecule has 1 atom stereocenters. The zero-order valence-electron chi connectivity index (χ0n) is 10.2. The predicted molar refractivity (Wildman–Crippen MR) is 71.3 cm³/mol. The number of rotatable bonds is 4. The first kappa shape index (κ1) is 12.4. The summed E-state index contributed by atoms with van der Waals surface area (Å²) >= 11 is 0. The number of aromatic nitrogens is 1. The van der Waals surface area contributed by atoms with Gasteiger partial charge in [0, 0.05) is 22.8 Å². The van der Waals surface area contributed by atoms with Gasteiger partial charge in [0.25, 0.3) is 5.91 Å². The van der Waals surface area contributed by atoms with E-state index in [-0.39, 0.29) is 18.6 Å². The van der Waals surface area contributed by atoms with Crippen molar-refractivity contribution in [2.75, 3.05) is 12.3 Å². The molecule has 5 N–H and O–H groups in total. The number of aromatic amines is 1. The Kier molecular flexibility index (Phi) is 3.53. The fourth-order valence-electron chi connectivity index (χ4n) is 1.87. The molecule has 1 amide bonds. The average molecular weight is 247 g/mol. The molecule has 1 heterocycles. The van der Waals surface area contributed by atoms with Gasteiger partial charge < -0.3 is 21.1 Å². The van der Waals surface area contributed by atoms with Gasteiger partial charge in [0.05, 0.1) is 18.2 Å². The van der Waals surface area contributed by atoms with Crippen LogP contribution in [0.3, 0.4) is 0 Å². The lowest BCUT2D eigenvalue weighted by molar-refractivity contribution is 0.0916. The molecule has 0 saturated carbocycles. The van der Waals surface area contributed by atoms with Gasteiger partial charge in [-0.15, -0.1) is 0 Å². The van der Waals surface area contributed by atoms with E-state index in [2.05, 4.69) is 10.3 Å². The van der Waals surface area contributed by atoms with Crippen LogP contribution in [-0.2, 0) is 0 Å². The molecule has 0 spiro atoms. The summed E-state index contributed by atoms with van der Waals surface area (Å²) in [6.07, 6.45) is 2.35. The van der Waals surface area contributed by atoms with Crippen molar-refractivity contribution in [2.45, 2.75) is 19.4 Å². The Morgan fingerprint density at radius 3 is 3.00 bits per heavy atom. The van der Waals surface area contributed by atoms with Crippen molar-refractivity contribution in [3.8, 4) is 0 Å². The SMILES string of the molecule is CC[C@@H](CO)NC(=O)c1c[nH]c2cc(N)ccc12. The lowest BCUT2D eigenvalue weighted by atomic mass is 10.1. The molecule has 0 radical (unpaired) electrons. The number of fused-ring (bicyclic) bond motifs is 1. The average Bonchev–Trinajstić information content (AvgIpc) is 2.78. The van der Waals surface area contributed by atoms with Crippen LogP contribution in [0.5, 0.6) is 0 Å². The van der Waals surface area contributed by atoms with E-state index in [1.807, 2.05) is 13.0 Å². The van der Waals surface area contributed by atoms with Crippen LogP contribution in [-0.4, -0.2) is 28.6 Å². The second-order valence-corrected chi connectivity index (χ2v) is 4.27. The molecular formula is C13H17N3O2. The van der Waals surface area contributed by atoms with Crippen LogP contribution in [0.1, 0.15) is 23.7 Å². The lowest BCUT2D eigenvalue weighted by Crippen LogP contribution is -2.36. The molecule has 5 heteroatoms. The van der Waals surface area contributed by atoms with Gasteiger partial charge in [-0.25, -0.2) is 0 Å². The number of amides is 1. The van der Waals surface area contributed by atoms with Gasteiger partial charge in [-0.1, -0.05) is 6.92 Å². The molecule has 96 valence electrons. The number of carbonyl (C=O) groups is 1. The molecule has 1 aromatic carbocycles. The van der Waals surface area contributed by atoms with Gasteiger partial charge in [-0.2, -0.15) is 0 Å². The largest absolute Gasteiger partial charge is 0.399 e. The summed E-state index contributed by atoms with van der Waals surface area (Å²) in [7, 11) is 0. The number of aliphatic hydroxyl groups excluding tert-OH is 1. The van der Waals surface area contributed by atoms with Gasteiger partial charge in [-0.3, -0.25) is 4.79 Å². The first-order valence-corrected chi connectivity index (χ1v) is 5.94. The van der Waals surface area contributed by atoms with Crippen molar-refractivity contribution < 1.29 is 9.90 Å². The van der Waals surface area contributed by atoms with E-state index in [0.717, 1.165) is 10.9 Å². The van der Waals surface area contributed by atoms with Crippen molar-refractivity contribution in [2.24, 2.45) is 0 Å². The summed E-state index contributed by atoms with van der Waals surface area (Å²) in [6, 6.07) is 5.15. The van der Waals surface area contributed by atoms with Crippen molar-refractivity contribution >= 4 is 22.5 Å². The molecule has 0 fully saturated rings. The molecule has 2 aromatic rings. The highest BCUT2D eigenvalue weighted by atomic mass is 16.3. The number of nitrogens with one attached hydrogen (secondary N) is 2. The van der Waals surface area contributed by atoms with Crippen LogP contribution in [0.25, 0.3) is 10.9 Å². The quantitative estimate of drug-likeness (QED) is 0.613. The highest BCUT2D eigenvalue weighted by molar-refractivity contribution is 6.07. The number of anilines is 1. The molecular weight excluding hydrogens is 230 g/mol. The molecule has 5 nitrogen and oxygen atoms in total. The van der Waals surface area contributed by atoms with Crippen LogP contribution >= 0.6 is 0 Å². The van der Waals surface area contributed by atoms with E-state index in [1.54, 1.807) is 18.3 Å². The molecule has 1 aromatic heterocycles. The molecule has 0 unspecified atom stereocenters. The monoisotopic (exact) mass is 247 g/mol. The van der Waals surface area contributed by atoms with E-state index < -0.39 is 0 Å². The summed E-state index contributed by atoms with van der Waals surface area (Å²) in [6.45, 7) is 1.86. The Morgan fingerprint density at radius 1 is 1.56 bits per heavy atom. The van der Waals surface area contributed by atoms with E-state index in [1.165, 1.54) is 0 Å². The van der Waals surface area contributed by atoms with Crippen molar-refractivity contribution in [1.82, 2.24) is 10.3 Å². The van der Waals surface area contributed by atoms with E-state index in [9.17, 15) is 4.79 Å². The van der Waals surface area contributed by atoms with Crippen LogP contribution < -0.4 is 11.1 Å². The van der Waals surface area contributed by atoms with Crippen LogP contribution in [0, 0.1) is 0 Å². The third kappa shape index (κ3) is 2.31. The van der Waals surface area contributed by atoms with Gasteiger partial charge in [0.15, 0.2) is 0 Å². The summed E-state index contributed by atoms with van der Waals surface area (Å²) in [4.78, 5) is 15.1. The van der Waals surface area contributed by atoms with E-state index in [4.69, 9.17) is 10.8 Å². The minimum atomic E-state index is -0.212. The maximum absolute atomic E-state index is 12.1. The summed E-state index contributed by atoms with van der Waals surface area (Å²) < 4.78 is 0. The number of hydrogen-bond donors (Lipinski definition) is 4. The molecule has 0 bridgehead atoms. The van der Waals surface area contributed by atoms with Crippen LogP contribution in [0.15, 0.2) is 24.4 Å². The fraction of sp³-hybridized carbons (Fsp3) is 0.308. The lowest BCUT2D eigenvalue weighted by Gasteiger charge is -2.13. The number of hydrogen-bond acceptors (Lipinski definition) is 3. The smallest absolute Gasteiger partial charge is 0.253 e. The second kappa shape index (κ2) is 5.10. The molecule has 0 aliphatic carbocycles. The molecule has 18 heavy (non-hydrogen) atoms. The van der Waals surface area contributed by atoms with Crippen molar-refractivity contribution in [1.29, 1.82) is 0 Å². The Morgan fingerprint density at radius 2 is 2.33 bits per heavy atom. The minimum Gasteiger partial charge on any atom is -0.399 e. The van der Waals surface area contributed by atoms with Crippen LogP contribution in [0.4, 0.5) is 5.69 Å². The number of benzene rings is 1. The zero-order chi connectivity index (χ0) is 13.1. The molecule has 0 saturated heterocycles. The standard InChI is InChI=1S/C13H17N3O2/c1-2-9(7-17)16-13(18)11-6-15-12-5-8(14)3-4-10(11)12/h3-6,9,15,17H,2,7,14H2,1H3,(H,16,18)/t9-/m0/s1. The van der Waals surface area contributed by atoms with Crippen LogP contribution in [0.2, 0.25) is 0 Å². The Balaban J connectivity index is 2.28. The Bertz CT molecular complexity index is 558. The second-order valence-electron chi connectivity index (χ2n) is 4.27. The summed E-state index contributed by atoms with van der Waals surface area (Å²) in [5, 5.41) is 12.7.